The molecule has 1 aromatic carbocycles. The molecule has 21 heavy (non-hydrogen) atoms. The van der Waals surface area contributed by atoms with E-state index in [4.69, 9.17) is 13.9 Å². The molecule has 0 saturated carbocycles. The molecule has 3 heterocycles. The van der Waals surface area contributed by atoms with Crippen LogP contribution in [0.2, 0.25) is 0 Å². The molecule has 0 aliphatic carbocycles. The lowest BCUT2D eigenvalue weighted by Gasteiger charge is -2.27. The Balaban J connectivity index is 1.63. The molecule has 1 aromatic heterocycles. The average Bonchev–Trinajstić information content (AvgIpc) is 3.21. The monoisotopic (exact) mass is 289 g/mol. The zero-order chi connectivity index (χ0) is 14.4. The molecule has 2 N–H and O–H groups in total. The SMILES string of the molecule is OC[C@]12COC([C@H]1O)[C@H](c1cnc(-c3ccccc3)o1)O2. The molecule has 2 saturated heterocycles. The second-order valence-corrected chi connectivity index (χ2v) is 5.42. The third-order valence-corrected chi connectivity index (χ3v) is 4.12. The number of nitrogens with zero attached hydrogens (tertiary/aromatic N) is 1. The Morgan fingerprint density at radius 3 is 2.81 bits per heavy atom. The van der Waals surface area contributed by atoms with Crippen molar-refractivity contribution in [3.63, 3.8) is 0 Å². The van der Waals surface area contributed by atoms with E-state index in [0.29, 0.717) is 11.7 Å². The second-order valence-electron chi connectivity index (χ2n) is 5.42. The van der Waals surface area contributed by atoms with Crippen LogP contribution in [0.3, 0.4) is 0 Å². The lowest BCUT2D eigenvalue weighted by Crippen LogP contribution is -2.43. The van der Waals surface area contributed by atoms with Crippen molar-refractivity contribution in [3.8, 4) is 11.5 Å². The van der Waals surface area contributed by atoms with Crippen molar-refractivity contribution >= 4 is 0 Å². The molecule has 4 atom stereocenters. The summed E-state index contributed by atoms with van der Waals surface area (Å²) in [6.45, 7) is -0.105. The van der Waals surface area contributed by atoms with E-state index in [1.165, 1.54) is 0 Å². The van der Waals surface area contributed by atoms with Gasteiger partial charge in [0.2, 0.25) is 5.89 Å². The molecule has 2 aliphatic heterocycles. The molecule has 2 bridgehead atoms. The first-order chi connectivity index (χ1) is 10.2. The van der Waals surface area contributed by atoms with Crippen molar-refractivity contribution < 1.29 is 24.1 Å². The molecule has 1 unspecified atom stereocenters. The lowest BCUT2D eigenvalue weighted by atomic mass is 9.99. The van der Waals surface area contributed by atoms with E-state index in [1.54, 1.807) is 6.20 Å². The number of fused-ring (bicyclic) bond motifs is 2. The summed E-state index contributed by atoms with van der Waals surface area (Å²) in [6, 6.07) is 9.53. The summed E-state index contributed by atoms with van der Waals surface area (Å²) in [5, 5.41) is 19.6. The summed E-state index contributed by atoms with van der Waals surface area (Å²) in [6.07, 6.45) is -0.369. The van der Waals surface area contributed by atoms with Gasteiger partial charge in [-0.3, -0.25) is 0 Å². The molecule has 0 spiro atoms. The molecule has 6 nitrogen and oxygen atoms in total. The van der Waals surface area contributed by atoms with Gasteiger partial charge in [0.05, 0.1) is 19.4 Å². The first-order valence-corrected chi connectivity index (χ1v) is 6.83. The summed E-state index contributed by atoms with van der Waals surface area (Å²) in [5.74, 6) is 0.984. The van der Waals surface area contributed by atoms with E-state index < -0.39 is 23.9 Å². The summed E-state index contributed by atoms with van der Waals surface area (Å²) in [7, 11) is 0. The minimum atomic E-state index is -1.05. The average molecular weight is 289 g/mol. The fraction of sp³-hybridized carbons (Fsp3) is 0.400. The molecule has 4 rings (SSSR count). The number of aliphatic hydroxyl groups excluding tert-OH is 2. The van der Waals surface area contributed by atoms with Gasteiger partial charge in [-0.25, -0.2) is 4.98 Å². The Bertz CT molecular complexity index is 643. The first-order valence-electron chi connectivity index (χ1n) is 6.83. The second kappa shape index (κ2) is 4.64. The molecule has 2 fully saturated rings. The van der Waals surface area contributed by atoms with Gasteiger partial charge < -0.3 is 24.1 Å². The molecule has 2 aliphatic rings. The van der Waals surface area contributed by atoms with Crippen molar-refractivity contribution in [2.45, 2.75) is 23.9 Å². The highest BCUT2D eigenvalue weighted by atomic mass is 16.6. The van der Waals surface area contributed by atoms with Gasteiger partial charge in [0.15, 0.2) is 5.76 Å². The Morgan fingerprint density at radius 1 is 1.29 bits per heavy atom. The number of ether oxygens (including phenoxy) is 2. The van der Waals surface area contributed by atoms with Crippen LogP contribution in [-0.4, -0.2) is 46.2 Å². The Labute approximate surface area is 120 Å². The number of hydrogen-bond acceptors (Lipinski definition) is 6. The Hall–Kier alpha value is -1.73. The maximum absolute atomic E-state index is 10.2. The van der Waals surface area contributed by atoms with Gasteiger partial charge >= 0.3 is 0 Å². The first kappa shape index (κ1) is 13.0. The van der Waals surface area contributed by atoms with E-state index in [2.05, 4.69) is 4.98 Å². The van der Waals surface area contributed by atoms with Gasteiger partial charge in [-0.2, -0.15) is 0 Å². The number of hydrogen-bond donors (Lipinski definition) is 2. The van der Waals surface area contributed by atoms with Crippen LogP contribution in [0.15, 0.2) is 40.9 Å². The highest BCUT2D eigenvalue weighted by Gasteiger charge is 2.62. The van der Waals surface area contributed by atoms with Crippen molar-refractivity contribution in [1.29, 1.82) is 0 Å². The van der Waals surface area contributed by atoms with Crippen LogP contribution in [-0.2, 0) is 9.47 Å². The minimum Gasteiger partial charge on any atom is -0.438 e. The zero-order valence-electron chi connectivity index (χ0n) is 11.2. The van der Waals surface area contributed by atoms with Crippen molar-refractivity contribution in [2.75, 3.05) is 13.2 Å². The molecule has 2 aromatic rings. The van der Waals surface area contributed by atoms with Crippen molar-refractivity contribution in [2.24, 2.45) is 0 Å². The number of benzene rings is 1. The topological polar surface area (TPSA) is 85.0 Å². The quantitative estimate of drug-likeness (QED) is 0.873. The van der Waals surface area contributed by atoms with Crippen molar-refractivity contribution in [1.82, 2.24) is 4.98 Å². The third kappa shape index (κ3) is 1.84. The fourth-order valence-electron chi connectivity index (χ4n) is 2.92. The zero-order valence-corrected chi connectivity index (χ0v) is 11.2. The lowest BCUT2D eigenvalue weighted by molar-refractivity contribution is -0.167. The van der Waals surface area contributed by atoms with E-state index in [-0.39, 0.29) is 13.2 Å². The van der Waals surface area contributed by atoms with Gasteiger partial charge in [0, 0.05) is 5.56 Å². The largest absolute Gasteiger partial charge is 0.438 e. The predicted molar refractivity (Wildman–Crippen MR) is 71.3 cm³/mol. The van der Waals surface area contributed by atoms with Gasteiger partial charge in [-0.1, -0.05) is 18.2 Å². The minimum absolute atomic E-state index is 0.186. The molecule has 0 amide bonds. The normalized spacial score (nSPS) is 34.5. The van der Waals surface area contributed by atoms with Crippen molar-refractivity contribution in [3.05, 3.63) is 42.3 Å². The van der Waals surface area contributed by atoms with E-state index in [1.807, 2.05) is 30.3 Å². The summed E-state index contributed by atoms with van der Waals surface area (Å²) < 4.78 is 17.0. The predicted octanol–water partition coefficient (Wildman–Crippen LogP) is 0.904. The van der Waals surface area contributed by atoms with Gasteiger partial charge in [-0.15, -0.1) is 0 Å². The molecule has 0 radical (unpaired) electrons. The fourth-order valence-corrected chi connectivity index (χ4v) is 2.92. The highest BCUT2D eigenvalue weighted by molar-refractivity contribution is 5.52. The summed E-state index contributed by atoms with van der Waals surface area (Å²) >= 11 is 0. The van der Waals surface area contributed by atoms with Crippen LogP contribution in [0.5, 0.6) is 0 Å². The number of aliphatic hydroxyl groups is 2. The Morgan fingerprint density at radius 2 is 2.10 bits per heavy atom. The van der Waals surface area contributed by atoms with Crippen LogP contribution in [0.4, 0.5) is 0 Å². The molecular weight excluding hydrogens is 274 g/mol. The third-order valence-electron chi connectivity index (χ3n) is 4.12. The van der Waals surface area contributed by atoms with Crippen LogP contribution in [0.1, 0.15) is 11.9 Å². The molecular formula is C15H15NO5. The highest BCUT2D eigenvalue weighted by Crippen LogP contribution is 2.47. The van der Waals surface area contributed by atoms with Gasteiger partial charge in [0.1, 0.15) is 23.9 Å². The summed E-state index contributed by atoms with van der Waals surface area (Å²) in [5.41, 5.74) is -0.181. The molecule has 110 valence electrons. The van der Waals surface area contributed by atoms with Crippen LogP contribution in [0, 0.1) is 0 Å². The molecule has 6 heteroatoms. The number of rotatable bonds is 3. The maximum Gasteiger partial charge on any atom is 0.226 e. The van der Waals surface area contributed by atoms with Crippen LogP contribution in [0.25, 0.3) is 11.5 Å². The van der Waals surface area contributed by atoms with E-state index >= 15 is 0 Å². The van der Waals surface area contributed by atoms with Crippen LogP contribution >= 0.6 is 0 Å². The summed E-state index contributed by atoms with van der Waals surface area (Å²) in [4.78, 5) is 4.24. The standard InChI is InChI=1S/C15H15NO5/c17-7-15-8-19-12(13(15)18)11(21-15)10-6-16-14(20-10)9-4-2-1-3-5-9/h1-6,11-13,17-18H,7-8H2/t11-,12?,13+,15-/m0/s1. The van der Waals surface area contributed by atoms with Gasteiger partial charge in [0.25, 0.3) is 0 Å². The maximum atomic E-state index is 10.2. The van der Waals surface area contributed by atoms with Gasteiger partial charge in [-0.05, 0) is 12.1 Å². The van der Waals surface area contributed by atoms with Crippen LogP contribution < -0.4 is 0 Å². The van der Waals surface area contributed by atoms with E-state index in [0.717, 1.165) is 5.56 Å². The Kier molecular flexibility index (Phi) is 2.87. The van der Waals surface area contributed by atoms with E-state index in [9.17, 15) is 10.2 Å². The number of aromatic nitrogens is 1. The smallest absolute Gasteiger partial charge is 0.226 e. The number of oxazole rings is 1.